The van der Waals surface area contributed by atoms with E-state index < -0.39 is 9.84 Å². The first-order chi connectivity index (χ1) is 7.91. The zero-order chi connectivity index (χ0) is 12.9. The van der Waals surface area contributed by atoms with Crippen LogP contribution in [0.25, 0.3) is 0 Å². The molecule has 0 amide bonds. The summed E-state index contributed by atoms with van der Waals surface area (Å²) < 4.78 is 23.2. The summed E-state index contributed by atoms with van der Waals surface area (Å²) in [4.78, 5) is 0. The molecule has 4 heteroatoms. The van der Waals surface area contributed by atoms with E-state index >= 15 is 0 Å². The Bertz CT molecular complexity index is 311. The minimum absolute atomic E-state index is 0.146. The maximum absolute atomic E-state index is 11.6. The number of hydrogen-bond donors (Lipinski definition) is 1. The van der Waals surface area contributed by atoms with Crippen molar-refractivity contribution in [3.8, 4) is 0 Å². The van der Waals surface area contributed by atoms with Crippen LogP contribution >= 0.6 is 0 Å². The monoisotopic (exact) mass is 261 g/mol. The van der Waals surface area contributed by atoms with E-state index in [1.807, 2.05) is 0 Å². The maximum Gasteiger partial charge on any atom is 0.151 e. The third-order valence-corrected chi connectivity index (χ3v) is 5.28. The molecule has 0 spiro atoms. The Morgan fingerprint density at radius 2 is 1.94 bits per heavy atom. The Hall–Kier alpha value is -0.0900. The molecule has 0 aromatic heterocycles. The van der Waals surface area contributed by atoms with E-state index in [2.05, 4.69) is 19.2 Å². The molecule has 0 bridgehead atoms. The summed E-state index contributed by atoms with van der Waals surface area (Å²) >= 11 is 0. The van der Waals surface area contributed by atoms with Gasteiger partial charge in [0.05, 0.1) is 5.25 Å². The maximum atomic E-state index is 11.6. The van der Waals surface area contributed by atoms with Gasteiger partial charge in [-0.3, -0.25) is 0 Å². The minimum atomic E-state index is -2.87. The van der Waals surface area contributed by atoms with Crippen LogP contribution in [0.15, 0.2) is 0 Å². The van der Waals surface area contributed by atoms with Gasteiger partial charge in [-0.25, -0.2) is 8.42 Å². The lowest BCUT2D eigenvalue weighted by molar-refractivity contribution is 0.474. The fraction of sp³-hybridized carbons (Fsp3) is 1.00. The largest absolute Gasteiger partial charge is 0.313 e. The highest BCUT2D eigenvalue weighted by Crippen LogP contribution is 2.25. The van der Waals surface area contributed by atoms with Gasteiger partial charge in [0.25, 0.3) is 0 Å². The Morgan fingerprint density at radius 1 is 1.24 bits per heavy atom. The van der Waals surface area contributed by atoms with E-state index in [1.165, 1.54) is 19.1 Å². The van der Waals surface area contributed by atoms with Gasteiger partial charge >= 0.3 is 0 Å². The number of nitrogens with one attached hydrogen (secondary N) is 1. The smallest absolute Gasteiger partial charge is 0.151 e. The average molecular weight is 261 g/mol. The van der Waals surface area contributed by atoms with E-state index in [9.17, 15) is 8.42 Å². The molecular formula is C13H27NO2S. The minimum Gasteiger partial charge on any atom is -0.313 e. The Labute approximate surface area is 106 Å². The molecule has 1 aliphatic rings. The fourth-order valence-electron chi connectivity index (χ4n) is 2.64. The summed E-state index contributed by atoms with van der Waals surface area (Å²) in [6.07, 6.45) is 7.93. The molecule has 0 aromatic carbocycles. The molecule has 3 nitrogen and oxygen atoms in total. The standard InChI is InChI=1S/C13H27NO2S/c1-11(2)7-4-5-10-14-12-8-6-9-13(12)17(3,15)16/h11-14H,4-10H2,1-3H3. The van der Waals surface area contributed by atoms with Gasteiger partial charge in [0.2, 0.25) is 0 Å². The van der Waals surface area contributed by atoms with Crippen LogP contribution in [0.4, 0.5) is 0 Å². The second kappa shape index (κ2) is 6.74. The molecule has 0 heterocycles. The molecule has 0 aromatic rings. The first-order valence-corrected chi connectivity index (χ1v) is 8.79. The number of rotatable bonds is 7. The van der Waals surface area contributed by atoms with Crippen molar-refractivity contribution >= 4 is 9.84 Å². The second-order valence-electron chi connectivity index (χ2n) is 5.75. The summed E-state index contributed by atoms with van der Waals surface area (Å²) in [6.45, 7) is 5.44. The van der Waals surface area contributed by atoms with Gasteiger partial charge in [0, 0.05) is 12.3 Å². The summed E-state index contributed by atoms with van der Waals surface area (Å²) in [5.74, 6) is 0.769. The van der Waals surface area contributed by atoms with Crippen molar-refractivity contribution in [2.24, 2.45) is 5.92 Å². The third kappa shape index (κ3) is 5.38. The van der Waals surface area contributed by atoms with Crippen molar-refractivity contribution in [1.29, 1.82) is 0 Å². The molecule has 1 aliphatic carbocycles. The molecule has 2 atom stereocenters. The van der Waals surface area contributed by atoms with Gasteiger partial charge in [-0.05, 0) is 31.7 Å². The summed E-state index contributed by atoms with van der Waals surface area (Å²) in [5, 5.41) is 3.29. The predicted octanol–water partition coefficient (Wildman–Crippen LogP) is 2.37. The normalized spacial score (nSPS) is 25.6. The zero-order valence-corrected chi connectivity index (χ0v) is 12.2. The van der Waals surface area contributed by atoms with Crippen molar-refractivity contribution in [2.45, 2.75) is 63.7 Å². The van der Waals surface area contributed by atoms with E-state index in [0.717, 1.165) is 38.1 Å². The van der Waals surface area contributed by atoms with Gasteiger partial charge in [-0.1, -0.05) is 33.1 Å². The zero-order valence-electron chi connectivity index (χ0n) is 11.4. The van der Waals surface area contributed by atoms with Crippen LogP contribution in [0, 0.1) is 5.92 Å². The van der Waals surface area contributed by atoms with Crippen molar-refractivity contribution in [3.05, 3.63) is 0 Å². The molecule has 1 saturated carbocycles. The summed E-state index contributed by atoms with van der Waals surface area (Å²) in [6, 6.07) is 0.198. The molecule has 1 rings (SSSR count). The van der Waals surface area contributed by atoms with Crippen molar-refractivity contribution in [1.82, 2.24) is 5.32 Å². The Kier molecular flexibility index (Phi) is 5.93. The molecule has 2 unspecified atom stereocenters. The lowest BCUT2D eigenvalue weighted by atomic mass is 10.1. The third-order valence-electron chi connectivity index (χ3n) is 3.62. The average Bonchev–Trinajstić information content (AvgIpc) is 2.64. The molecule has 1 N–H and O–H groups in total. The highest BCUT2D eigenvalue weighted by Gasteiger charge is 2.33. The van der Waals surface area contributed by atoms with Crippen LogP contribution in [-0.2, 0) is 9.84 Å². The molecule has 1 fully saturated rings. The van der Waals surface area contributed by atoms with Crippen LogP contribution in [0.2, 0.25) is 0 Å². The van der Waals surface area contributed by atoms with E-state index in [4.69, 9.17) is 0 Å². The molecule has 102 valence electrons. The topological polar surface area (TPSA) is 46.2 Å². The van der Waals surface area contributed by atoms with Gasteiger partial charge in [0.1, 0.15) is 0 Å². The van der Waals surface area contributed by atoms with Crippen LogP contribution in [0.3, 0.4) is 0 Å². The highest BCUT2D eigenvalue weighted by atomic mass is 32.2. The van der Waals surface area contributed by atoms with E-state index in [0.29, 0.717) is 0 Å². The molecule has 17 heavy (non-hydrogen) atoms. The van der Waals surface area contributed by atoms with Gasteiger partial charge in [0.15, 0.2) is 9.84 Å². The fourth-order valence-corrected chi connectivity index (χ4v) is 4.06. The summed E-state index contributed by atoms with van der Waals surface area (Å²) in [5.41, 5.74) is 0. The van der Waals surface area contributed by atoms with E-state index in [-0.39, 0.29) is 11.3 Å². The lowest BCUT2D eigenvalue weighted by Crippen LogP contribution is -2.40. The predicted molar refractivity (Wildman–Crippen MR) is 73.0 cm³/mol. The molecular weight excluding hydrogens is 234 g/mol. The van der Waals surface area contributed by atoms with Crippen molar-refractivity contribution < 1.29 is 8.42 Å². The number of unbranched alkanes of at least 4 members (excludes halogenated alkanes) is 1. The molecule has 0 saturated heterocycles. The highest BCUT2D eigenvalue weighted by molar-refractivity contribution is 7.91. The first kappa shape index (κ1) is 15.0. The molecule has 0 aliphatic heterocycles. The van der Waals surface area contributed by atoms with Crippen LogP contribution < -0.4 is 5.32 Å². The van der Waals surface area contributed by atoms with Crippen molar-refractivity contribution in [2.75, 3.05) is 12.8 Å². The van der Waals surface area contributed by atoms with Gasteiger partial charge < -0.3 is 5.32 Å². The second-order valence-corrected chi connectivity index (χ2v) is 8.01. The SMILES string of the molecule is CC(C)CCCCNC1CCCC1S(C)(=O)=O. The quantitative estimate of drug-likeness (QED) is 0.716. The number of sulfone groups is 1. The Balaban J connectivity index is 2.23. The van der Waals surface area contributed by atoms with Crippen molar-refractivity contribution in [3.63, 3.8) is 0 Å². The van der Waals surface area contributed by atoms with Crippen LogP contribution in [0.5, 0.6) is 0 Å². The van der Waals surface area contributed by atoms with E-state index in [1.54, 1.807) is 0 Å². The lowest BCUT2D eigenvalue weighted by Gasteiger charge is -2.19. The molecule has 0 radical (unpaired) electrons. The first-order valence-electron chi connectivity index (χ1n) is 6.83. The number of hydrogen-bond acceptors (Lipinski definition) is 3. The Morgan fingerprint density at radius 3 is 2.53 bits per heavy atom. The summed E-state index contributed by atoms with van der Waals surface area (Å²) in [7, 11) is -2.87. The van der Waals surface area contributed by atoms with Crippen LogP contribution in [-0.4, -0.2) is 32.5 Å². The van der Waals surface area contributed by atoms with Crippen LogP contribution in [0.1, 0.15) is 52.4 Å². The van der Waals surface area contributed by atoms with Gasteiger partial charge in [-0.2, -0.15) is 0 Å². The van der Waals surface area contributed by atoms with Gasteiger partial charge in [-0.15, -0.1) is 0 Å².